The molecule has 1 aromatic heterocycles. The molecule has 2 nitrogen and oxygen atoms in total. The van der Waals surface area contributed by atoms with Gasteiger partial charge >= 0.3 is 0 Å². The second kappa shape index (κ2) is 4.62. The zero-order chi connectivity index (χ0) is 11.4. The molecule has 0 aliphatic carbocycles. The molecule has 0 atom stereocenters. The summed E-state index contributed by atoms with van der Waals surface area (Å²) in [7, 11) is 0. The number of hydrogen-bond donors (Lipinski definition) is 0. The van der Waals surface area contributed by atoms with E-state index in [1.807, 2.05) is 61.7 Å². The van der Waals surface area contributed by atoms with Gasteiger partial charge in [-0.1, -0.05) is 43.0 Å². The standard InChI is InChI=1S/C14H14N2/c1-3-7-12(2)16-11-10-14(15-16)13-8-5-4-6-9-13/h3-11H,2H2,1H3/b7-3-. The monoisotopic (exact) mass is 210 g/mol. The predicted octanol–water partition coefficient (Wildman–Crippen LogP) is 3.60. The average molecular weight is 210 g/mol. The van der Waals surface area contributed by atoms with Gasteiger partial charge in [0.25, 0.3) is 0 Å². The third-order valence-electron chi connectivity index (χ3n) is 2.31. The fraction of sp³-hybridized carbons (Fsp3) is 0.0714. The third-order valence-corrected chi connectivity index (χ3v) is 2.31. The molecule has 16 heavy (non-hydrogen) atoms. The van der Waals surface area contributed by atoms with Crippen molar-refractivity contribution in [1.29, 1.82) is 0 Å². The van der Waals surface area contributed by atoms with E-state index in [2.05, 4.69) is 11.7 Å². The maximum absolute atomic E-state index is 4.46. The van der Waals surface area contributed by atoms with Gasteiger partial charge in [-0.2, -0.15) is 5.10 Å². The lowest BCUT2D eigenvalue weighted by atomic mass is 10.2. The first-order valence-corrected chi connectivity index (χ1v) is 5.24. The molecule has 2 rings (SSSR count). The maximum atomic E-state index is 4.46. The summed E-state index contributed by atoms with van der Waals surface area (Å²) in [6.07, 6.45) is 5.80. The van der Waals surface area contributed by atoms with E-state index in [1.54, 1.807) is 4.68 Å². The van der Waals surface area contributed by atoms with Crippen LogP contribution in [0.3, 0.4) is 0 Å². The largest absolute Gasteiger partial charge is 0.241 e. The number of benzene rings is 1. The Kier molecular flexibility index (Phi) is 3.01. The summed E-state index contributed by atoms with van der Waals surface area (Å²) in [6.45, 7) is 5.90. The molecule has 0 unspecified atom stereocenters. The lowest BCUT2D eigenvalue weighted by Gasteiger charge is -1.99. The van der Waals surface area contributed by atoms with Crippen LogP contribution in [-0.4, -0.2) is 9.78 Å². The highest BCUT2D eigenvalue weighted by Crippen LogP contribution is 2.17. The Hall–Kier alpha value is -2.09. The summed E-state index contributed by atoms with van der Waals surface area (Å²) in [4.78, 5) is 0. The van der Waals surface area contributed by atoms with E-state index in [1.165, 1.54) is 0 Å². The van der Waals surface area contributed by atoms with Gasteiger partial charge in [-0.15, -0.1) is 0 Å². The molecule has 80 valence electrons. The second-order valence-electron chi connectivity index (χ2n) is 3.50. The van der Waals surface area contributed by atoms with Crippen LogP contribution < -0.4 is 0 Å². The minimum Gasteiger partial charge on any atom is -0.241 e. The Morgan fingerprint density at radius 2 is 2.00 bits per heavy atom. The van der Waals surface area contributed by atoms with Crippen LogP contribution in [0.4, 0.5) is 0 Å². The Bertz CT molecular complexity index is 507. The van der Waals surface area contributed by atoms with Crippen molar-refractivity contribution in [2.45, 2.75) is 6.92 Å². The van der Waals surface area contributed by atoms with E-state index in [-0.39, 0.29) is 0 Å². The molecule has 0 fully saturated rings. The first-order chi connectivity index (χ1) is 7.81. The summed E-state index contributed by atoms with van der Waals surface area (Å²) < 4.78 is 1.78. The van der Waals surface area contributed by atoms with Crippen LogP contribution >= 0.6 is 0 Å². The first kappa shape index (κ1) is 10.4. The van der Waals surface area contributed by atoms with Gasteiger partial charge in [0.1, 0.15) is 0 Å². The van der Waals surface area contributed by atoms with Crippen LogP contribution in [0.15, 0.2) is 61.3 Å². The highest BCUT2D eigenvalue weighted by Gasteiger charge is 2.01. The zero-order valence-corrected chi connectivity index (χ0v) is 9.30. The molecule has 0 radical (unpaired) electrons. The van der Waals surface area contributed by atoms with Crippen LogP contribution in [0.25, 0.3) is 17.0 Å². The van der Waals surface area contributed by atoms with Gasteiger partial charge in [0, 0.05) is 11.8 Å². The van der Waals surface area contributed by atoms with Crippen LogP contribution in [-0.2, 0) is 0 Å². The molecule has 1 aromatic carbocycles. The first-order valence-electron chi connectivity index (χ1n) is 5.24. The quantitative estimate of drug-likeness (QED) is 0.708. The van der Waals surface area contributed by atoms with Crippen LogP contribution in [0.2, 0.25) is 0 Å². The molecule has 0 bridgehead atoms. The molecule has 0 amide bonds. The van der Waals surface area contributed by atoms with Crippen molar-refractivity contribution in [2.24, 2.45) is 0 Å². The molecule has 0 spiro atoms. The van der Waals surface area contributed by atoms with Gasteiger partial charge in [0.05, 0.1) is 11.4 Å². The van der Waals surface area contributed by atoms with Crippen LogP contribution in [0, 0.1) is 0 Å². The number of allylic oxidation sites excluding steroid dienone is 3. The fourth-order valence-corrected chi connectivity index (χ4v) is 1.52. The molecule has 2 aromatic rings. The zero-order valence-electron chi connectivity index (χ0n) is 9.30. The molecule has 1 heterocycles. The summed E-state index contributed by atoms with van der Waals surface area (Å²) >= 11 is 0. The van der Waals surface area contributed by atoms with Gasteiger partial charge in [0.2, 0.25) is 0 Å². The van der Waals surface area contributed by atoms with E-state index in [4.69, 9.17) is 0 Å². The summed E-state index contributed by atoms with van der Waals surface area (Å²) in [5, 5.41) is 4.46. The van der Waals surface area contributed by atoms with Gasteiger partial charge in [-0.3, -0.25) is 0 Å². The van der Waals surface area contributed by atoms with Crippen molar-refractivity contribution >= 4 is 5.70 Å². The molecular formula is C14H14N2. The van der Waals surface area contributed by atoms with E-state index >= 15 is 0 Å². The topological polar surface area (TPSA) is 17.8 Å². The lowest BCUT2D eigenvalue weighted by molar-refractivity contribution is 0.916. The third kappa shape index (κ3) is 2.11. The number of nitrogens with zero attached hydrogens (tertiary/aromatic N) is 2. The molecule has 0 saturated carbocycles. The van der Waals surface area contributed by atoms with E-state index in [9.17, 15) is 0 Å². The Balaban J connectivity index is 2.30. The minimum absolute atomic E-state index is 0.865. The Labute approximate surface area is 95.5 Å². The molecular weight excluding hydrogens is 196 g/mol. The Morgan fingerprint density at radius 3 is 2.69 bits per heavy atom. The smallest absolute Gasteiger partial charge is 0.0927 e. The van der Waals surface area contributed by atoms with E-state index in [0.717, 1.165) is 17.0 Å². The summed E-state index contributed by atoms with van der Waals surface area (Å²) in [6, 6.07) is 12.1. The molecule has 0 N–H and O–H groups in total. The summed E-state index contributed by atoms with van der Waals surface area (Å²) in [5.74, 6) is 0. The number of rotatable bonds is 3. The highest BCUT2D eigenvalue weighted by atomic mass is 15.3. The van der Waals surface area contributed by atoms with E-state index < -0.39 is 0 Å². The average Bonchev–Trinajstić information content (AvgIpc) is 2.80. The van der Waals surface area contributed by atoms with Crippen LogP contribution in [0.5, 0.6) is 0 Å². The normalized spacial score (nSPS) is 10.8. The van der Waals surface area contributed by atoms with Crippen molar-refractivity contribution in [3.05, 3.63) is 61.3 Å². The second-order valence-corrected chi connectivity index (χ2v) is 3.50. The number of aromatic nitrogens is 2. The SMILES string of the molecule is C=C(/C=C\C)n1ccc(-c2ccccc2)n1. The van der Waals surface area contributed by atoms with Crippen molar-refractivity contribution in [2.75, 3.05) is 0 Å². The van der Waals surface area contributed by atoms with Gasteiger partial charge in [-0.25, -0.2) is 4.68 Å². The van der Waals surface area contributed by atoms with E-state index in [0.29, 0.717) is 0 Å². The fourth-order valence-electron chi connectivity index (χ4n) is 1.52. The van der Waals surface area contributed by atoms with Gasteiger partial charge in [-0.05, 0) is 19.1 Å². The summed E-state index contributed by atoms with van der Waals surface area (Å²) in [5.41, 5.74) is 2.95. The lowest BCUT2D eigenvalue weighted by Crippen LogP contribution is -1.93. The molecule has 0 aliphatic heterocycles. The minimum atomic E-state index is 0.865. The number of hydrogen-bond acceptors (Lipinski definition) is 1. The predicted molar refractivity (Wildman–Crippen MR) is 67.8 cm³/mol. The van der Waals surface area contributed by atoms with Crippen molar-refractivity contribution < 1.29 is 0 Å². The maximum Gasteiger partial charge on any atom is 0.0927 e. The van der Waals surface area contributed by atoms with Crippen LogP contribution in [0.1, 0.15) is 6.92 Å². The van der Waals surface area contributed by atoms with Gasteiger partial charge < -0.3 is 0 Å². The van der Waals surface area contributed by atoms with Crippen molar-refractivity contribution in [3.63, 3.8) is 0 Å². The molecule has 2 heteroatoms. The Morgan fingerprint density at radius 1 is 1.25 bits per heavy atom. The van der Waals surface area contributed by atoms with Crippen molar-refractivity contribution in [3.8, 4) is 11.3 Å². The highest BCUT2D eigenvalue weighted by molar-refractivity contribution is 5.60. The molecule has 0 aliphatic rings. The van der Waals surface area contributed by atoms with Crippen molar-refractivity contribution in [1.82, 2.24) is 9.78 Å². The molecule has 0 saturated heterocycles. The van der Waals surface area contributed by atoms with Gasteiger partial charge in [0.15, 0.2) is 0 Å².